The molecule has 0 spiro atoms. The number of pyridine rings is 1. The Balaban J connectivity index is 1.66. The number of carbonyl (C=O) groups excluding carboxylic acids is 1. The number of amides is 1. The van der Waals surface area contributed by atoms with Gasteiger partial charge in [0.1, 0.15) is 11.5 Å². The van der Waals surface area contributed by atoms with Crippen LogP contribution in [-0.2, 0) is 0 Å². The molecule has 1 aliphatic rings. The maximum atomic E-state index is 12.7. The van der Waals surface area contributed by atoms with Gasteiger partial charge in [-0.25, -0.2) is 0 Å². The Kier molecular flexibility index (Phi) is 5.66. The first-order valence-corrected chi connectivity index (χ1v) is 8.75. The molecule has 2 unspecified atom stereocenters. The summed E-state index contributed by atoms with van der Waals surface area (Å²) < 4.78 is 5.77. The third kappa shape index (κ3) is 4.57. The molecule has 5 nitrogen and oxygen atoms in total. The Morgan fingerprint density at radius 3 is 2.72 bits per heavy atom. The van der Waals surface area contributed by atoms with Gasteiger partial charge in [0, 0.05) is 37.5 Å². The third-order valence-corrected chi connectivity index (χ3v) is 4.69. The number of aromatic nitrogens is 1. The van der Waals surface area contributed by atoms with E-state index in [2.05, 4.69) is 4.98 Å². The summed E-state index contributed by atoms with van der Waals surface area (Å²) in [4.78, 5) is 18.4. The minimum absolute atomic E-state index is 0.0575. The van der Waals surface area contributed by atoms with E-state index in [1.807, 2.05) is 12.1 Å². The highest BCUT2D eigenvalue weighted by atomic mass is 16.5. The van der Waals surface area contributed by atoms with Crippen molar-refractivity contribution in [1.82, 2.24) is 9.88 Å². The summed E-state index contributed by atoms with van der Waals surface area (Å²) in [7, 11) is 1.79. The smallest absolute Gasteiger partial charge is 0.253 e. The number of nitrogens with zero attached hydrogens (tertiary/aromatic N) is 2. The van der Waals surface area contributed by atoms with Crippen molar-refractivity contribution in [3.63, 3.8) is 0 Å². The van der Waals surface area contributed by atoms with Gasteiger partial charge >= 0.3 is 0 Å². The van der Waals surface area contributed by atoms with Crippen molar-refractivity contribution < 1.29 is 14.6 Å². The molecule has 1 N–H and O–H groups in total. The molecule has 1 saturated carbocycles. The van der Waals surface area contributed by atoms with Gasteiger partial charge in [0.2, 0.25) is 0 Å². The van der Waals surface area contributed by atoms with Gasteiger partial charge in [0.15, 0.2) is 0 Å². The number of carbonyl (C=O) groups is 1. The number of benzene rings is 1. The molecule has 0 saturated heterocycles. The van der Waals surface area contributed by atoms with E-state index in [1.54, 1.807) is 48.6 Å². The zero-order chi connectivity index (χ0) is 17.6. The van der Waals surface area contributed by atoms with Gasteiger partial charge in [-0.15, -0.1) is 0 Å². The predicted octanol–water partition coefficient (Wildman–Crippen LogP) is 3.50. The van der Waals surface area contributed by atoms with Crippen LogP contribution in [0.3, 0.4) is 0 Å². The second kappa shape index (κ2) is 8.12. The number of ether oxygens (including phenoxy) is 1. The van der Waals surface area contributed by atoms with Crippen LogP contribution < -0.4 is 4.74 Å². The van der Waals surface area contributed by atoms with Crippen molar-refractivity contribution in [1.29, 1.82) is 0 Å². The largest absolute Gasteiger partial charge is 0.457 e. The number of rotatable bonds is 5. The monoisotopic (exact) mass is 340 g/mol. The Labute approximate surface area is 148 Å². The molecule has 1 aliphatic carbocycles. The molecule has 0 bridgehead atoms. The van der Waals surface area contributed by atoms with E-state index in [0.29, 0.717) is 23.6 Å². The summed E-state index contributed by atoms with van der Waals surface area (Å²) in [6, 6.07) is 10.7. The minimum atomic E-state index is -0.301. The highest BCUT2D eigenvalue weighted by Crippen LogP contribution is 2.26. The zero-order valence-corrected chi connectivity index (χ0v) is 14.5. The molecule has 5 heteroatoms. The summed E-state index contributed by atoms with van der Waals surface area (Å²) in [5.41, 5.74) is 0.583. The summed E-state index contributed by atoms with van der Waals surface area (Å²) in [5, 5.41) is 10.1. The number of hydrogen-bond donors (Lipinski definition) is 1. The fourth-order valence-electron chi connectivity index (χ4n) is 3.29. The molecule has 3 rings (SSSR count). The first kappa shape index (κ1) is 17.4. The molecule has 0 radical (unpaired) electrons. The highest BCUT2D eigenvalue weighted by molar-refractivity contribution is 5.94. The summed E-state index contributed by atoms with van der Waals surface area (Å²) >= 11 is 0. The van der Waals surface area contributed by atoms with E-state index < -0.39 is 0 Å². The first-order valence-electron chi connectivity index (χ1n) is 8.75. The van der Waals surface area contributed by atoms with Gasteiger partial charge in [-0.05, 0) is 43.2 Å². The van der Waals surface area contributed by atoms with Gasteiger partial charge < -0.3 is 14.7 Å². The lowest BCUT2D eigenvalue weighted by Crippen LogP contribution is -2.38. The predicted molar refractivity (Wildman–Crippen MR) is 95.7 cm³/mol. The fraction of sp³-hybridized carbons (Fsp3) is 0.400. The van der Waals surface area contributed by atoms with E-state index in [4.69, 9.17) is 4.74 Å². The van der Waals surface area contributed by atoms with Crippen LogP contribution in [0.2, 0.25) is 0 Å². The number of hydrogen-bond acceptors (Lipinski definition) is 4. The summed E-state index contributed by atoms with van der Waals surface area (Å²) in [5.74, 6) is 1.40. The van der Waals surface area contributed by atoms with Crippen molar-refractivity contribution >= 4 is 5.91 Å². The van der Waals surface area contributed by atoms with Gasteiger partial charge in [-0.2, -0.15) is 0 Å². The van der Waals surface area contributed by atoms with Crippen molar-refractivity contribution in [3.05, 3.63) is 54.4 Å². The third-order valence-electron chi connectivity index (χ3n) is 4.69. The number of aliphatic hydroxyl groups excluding tert-OH is 1. The molecule has 2 aromatic rings. The van der Waals surface area contributed by atoms with Crippen LogP contribution in [0.25, 0.3) is 0 Å². The van der Waals surface area contributed by atoms with Gasteiger partial charge in [-0.3, -0.25) is 9.78 Å². The second-order valence-corrected chi connectivity index (χ2v) is 6.61. The molecule has 132 valence electrons. The van der Waals surface area contributed by atoms with E-state index in [1.165, 1.54) is 0 Å². The van der Waals surface area contributed by atoms with Crippen LogP contribution in [-0.4, -0.2) is 40.6 Å². The normalized spacial score (nSPS) is 20.1. The molecule has 1 heterocycles. The molecule has 1 aromatic carbocycles. The second-order valence-electron chi connectivity index (χ2n) is 6.61. The van der Waals surface area contributed by atoms with E-state index in [9.17, 15) is 9.90 Å². The van der Waals surface area contributed by atoms with Crippen LogP contribution in [0.4, 0.5) is 0 Å². The SMILES string of the molecule is CN(CC1CCCCC1O)C(=O)c1cccc(Oc2ccncc2)c1. The highest BCUT2D eigenvalue weighted by Gasteiger charge is 2.26. The summed E-state index contributed by atoms with van der Waals surface area (Å²) in [6.45, 7) is 0.579. The molecule has 25 heavy (non-hydrogen) atoms. The van der Waals surface area contributed by atoms with Crippen LogP contribution in [0.15, 0.2) is 48.8 Å². The topological polar surface area (TPSA) is 62.7 Å². The molecule has 1 amide bonds. The van der Waals surface area contributed by atoms with Crippen LogP contribution in [0.5, 0.6) is 11.5 Å². The van der Waals surface area contributed by atoms with Crippen LogP contribution in [0.1, 0.15) is 36.0 Å². The standard InChI is InChI=1S/C20H24N2O3/c1-22(14-16-5-2-3-8-19(16)23)20(24)15-6-4-7-18(13-15)25-17-9-11-21-12-10-17/h4,6-7,9-13,16,19,23H,2-3,5,8,14H2,1H3. The molecule has 1 aromatic heterocycles. The number of aliphatic hydroxyl groups is 1. The van der Waals surface area contributed by atoms with Gasteiger partial charge in [0.05, 0.1) is 6.10 Å². The lowest BCUT2D eigenvalue weighted by atomic mass is 9.86. The zero-order valence-electron chi connectivity index (χ0n) is 14.5. The minimum Gasteiger partial charge on any atom is -0.457 e. The molecular formula is C20H24N2O3. The van der Waals surface area contributed by atoms with Crippen LogP contribution in [0, 0.1) is 5.92 Å². The molecular weight excluding hydrogens is 316 g/mol. The Morgan fingerprint density at radius 1 is 1.20 bits per heavy atom. The molecule has 0 aliphatic heterocycles. The summed E-state index contributed by atoms with van der Waals surface area (Å²) in [6.07, 6.45) is 7.03. The fourth-order valence-corrected chi connectivity index (χ4v) is 3.29. The maximum absolute atomic E-state index is 12.7. The lowest BCUT2D eigenvalue weighted by Gasteiger charge is -2.31. The Hall–Kier alpha value is -2.40. The van der Waals surface area contributed by atoms with E-state index in [0.717, 1.165) is 25.7 Å². The maximum Gasteiger partial charge on any atom is 0.253 e. The average molecular weight is 340 g/mol. The van der Waals surface area contributed by atoms with E-state index in [-0.39, 0.29) is 17.9 Å². The van der Waals surface area contributed by atoms with Crippen molar-refractivity contribution in [2.24, 2.45) is 5.92 Å². The van der Waals surface area contributed by atoms with Crippen molar-refractivity contribution in [2.45, 2.75) is 31.8 Å². The Bertz CT molecular complexity index is 705. The van der Waals surface area contributed by atoms with Gasteiger partial charge in [0.25, 0.3) is 5.91 Å². The average Bonchev–Trinajstić information content (AvgIpc) is 2.64. The van der Waals surface area contributed by atoms with Crippen LogP contribution >= 0.6 is 0 Å². The Morgan fingerprint density at radius 2 is 1.96 bits per heavy atom. The van der Waals surface area contributed by atoms with Gasteiger partial charge in [-0.1, -0.05) is 18.9 Å². The molecule has 2 atom stereocenters. The quantitative estimate of drug-likeness (QED) is 0.905. The van der Waals surface area contributed by atoms with Crippen molar-refractivity contribution in [3.8, 4) is 11.5 Å². The lowest BCUT2D eigenvalue weighted by molar-refractivity contribution is 0.0451. The van der Waals surface area contributed by atoms with E-state index >= 15 is 0 Å². The molecule has 1 fully saturated rings. The van der Waals surface area contributed by atoms with Crippen molar-refractivity contribution in [2.75, 3.05) is 13.6 Å². The first-order chi connectivity index (χ1) is 12.1.